The second kappa shape index (κ2) is 23.9. The van der Waals surface area contributed by atoms with Crippen LogP contribution >= 0.6 is 0 Å². The molecule has 0 amide bonds. The Morgan fingerprint density at radius 3 is 1.47 bits per heavy atom. The highest BCUT2D eigenvalue weighted by atomic mass is 16.8. The van der Waals surface area contributed by atoms with Gasteiger partial charge in [-0.3, -0.25) is 9.59 Å². The molecule has 4 aliphatic carbocycles. The lowest BCUT2D eigenvalue weighted by molar-refractivity contribution is -0.351. The molecule has 3 saturated carbocycles. The minimum absolute atomic E-state index is 0.0350. The van der Waals surface area contributed by atoms with E-state index in [0.717, 1.165) is 5.57 Å². The number of fused-ring (bicyclic) bond motifs is 5. The fraction of sp³-hybridized carbons (Fsp3) is 0.930. The number of esters is 1. The molecule has 8 fully saturated rings. The van der Waals surface area contributed by atoms with E-state index in [0.29, 0.717) is 44.9 Å². The summed E-state index contributed by atoms with van der Waals surface area (Å²) in [6, 6.07) is 0. The largest absolute Gasteiger partial charge is 0.462 e. The van der Waals surface area contributed by atoms with Gasteiger partial charge in [0.25, 0.3) is 0 Å². The highest BCUT2D eigenvalue weighted by molar-refractivity contribution is 5.87. The maximum atomic E-state index is 13.1. The van der Waals surface area contributed by atoms with Crippen molar-refractivity contribution in [2.75, 3.05) is 28.4 Å². The molecule has 9 aliphatic rings. The van der Waals surface area contributed by atoms with Crippen LogP contribution in [0.3, 0.4) is 0 Å². The average molecular weight is 1130 g/mol. The highest BCUT2D eigenvalue weighted by Crippen LogP contribution is 2.71. The summed E-state index contributed by atoms with van der Waals surface area (Å²) >= 11 is 0. The number of methoxy groups -OCH3 is 4. The number of ketones is 1. The smallest absolute Gasteiger partial charge is 0.302 e. The lowest BCUT2D eigenvalue weighted by Crippen LogP contribution is -2.78. The molecule has 0 bridgehead atoms. The van der Waals surface area contributed by atoms with Crippen molar-refractivity contribution in [1.29, 1.82) is 0 Å². The Hall–Kier alpha value is -1.88. The van der Waals surface area contributed by atoms with Gasteiger partial charge < -0.3 is 96.6 Å². The zero-order valence-electron chi connectivity index (χ0n) is 48.5. The molecule has 452 valence electrons. The minimum atomic E-state index is -2.00. The summed E-state index contributed by atoms with van der Waals surface area (Å²) in [6.07, 6.45) is -7.53. The van der Waals surface area contributed by atoms with E-state index >= 15 is 0 Å². The second-order valence-corrected chi connectivity index (χ2v) is 24.7. The lowest BCUT2D eigenvalue weighted by Gasteiger charge is -2.67. The number of aliphatic hydroxyl groups is 5. The van der Waals surface area contributed by atoms with Crippen LogP contribution in [0.15, 0.2) is 11.6 Å². The average Bonchev–Trinajstić information content (AvgIpc) is 3.92. The normalized spacial score (nSPS) is 52.1. The molecule has 5 aliphatic heterocycles. The van der Waals surface area contributed by atoms with Gasteiger partial charge in [0.15, 0.2) is 37.2 Å². The Morgan fingerprint density at radius 1 is 0.570 bits per heavy atom. The van der Waals surface area contributed by atoms with Crippen LogP contribution in [0.4, 0.5) is 0 Å². The Kier molecular flexibility index (Phi) is 18.6. The van der Waals surface area contributed by atoms with E-state index < -0.39 is 168 Å². The third-order valence-electron chi connectivity index (χ3n) is 20.4. The summed E-state index contributed by atoms with van der Waals surface area (Å²) < 4.78 is 93.6. The van der Waals surface area contributed by atoms with E-state index in [1.54, 1.807) is 42.3 Å². The monoisotopic (exact) mass is 1130 g/mol. The van der Waals surface area contributed by atoms with Crippen molar-refractivity contribution in [3.05, 3.63) is 11.6 Å². The van der Waals surface area contributed by atoms with Crippen LogP contribution in [-0.2, 0) is 80.6 Å². The summed E-state index contributed by atoms with van der Waals surface area (Å²) in [4.78, 5) is 25.6. The molecule has 28 atom stereocenters. The first kappa shape index (κ1) is 61.7. The van der Waals surface area contributed by atoms with Crippen LogP contribution in [-0.4, -0.2) is 218 Å². The fourth-order valence-electron chi connectivity index (χ4n) is 15.8. The zero-order chi connectivity index (χ0) is 57.3. The van der Waals surface area contributed by atoms with E-state index in [-0.39, 0.29) is 44.3 Å². The predicted octanol–water partition coefficient (Wildman–Crippen LogP) is 3.42. The Labute approximate surface area is 464 Å². The molecule has 9 rings (SSSR count). The number of carbonyl (C=O) groups is 2. The fourth-order valence-corrected chi connectivity index (χ4v) is 15.8. The van der Waals surface area contributed by atoms with E-state index in [4.69, 9.17) is 71.1 Å². The van der Waals surface area contributed by atoms with Crippen LogP contribution in [0.5, 0.6) is 0 Å². The predicted molar refractivity (Wildman–Crippen MR) is 276 cm³/mol. The van der Waals surface area contributed by atoms with Crippen molar-refractivity contribution < 1.29 is 106 Å². The van der Waals surface area contributed by atoms with Crippen LogP contribution < -0.4 is 0 Å². The summed E-state index contributed by atoms with van der Waals surface area (Å²) in [7, 11) is 6.42. The summed E-state index contributed by atoms with van der Waals surface area (Å²) in [5, 5.41) is 59.4. The van der Waals surface area contributed by atoms with Gasteiger partial charge in [-0.25, -0.2) is 0 Å². The van der Waals surface area contributed by atoms with Gasteiger partial charge in [-0.2, -0.15) is 0 Å². The Bertz CT molecular complexity index is 2140. The van der Waals surface area contributed by atoms with Crippen molar-refractivity contribution in [2.45, 2.75) is 291 Å². The number of hydrogen-bond acceptors (Lipinski definition) is 22. The SMILES string of the molecule is CO[C@H]1C[C@H](O[C@@H]2[C@@H](C)O[C@@H](O[C@@H]3[C@@H](C)O[C@@H](O[C@H]4[C@H](O)C[C@H](O[C@H]5CC[C@@]6(C)C(=CC[C@]7(O)[C@@H]6C[C@@H](OC(C)=O)[C@@]6(C)[C@]7(O)CC[C@@]6(O)C(C)=O)C5)O[C@@H]4C)C[C@H]3OC)C[C@H]2OC)O[C@H](C)[C@H]1O[C@H]1C[C@@H](OC)[C@H](O)[C@@H](C)O1. The van der Waals surface area contributed by atoms with Gasteiger partial charge >= 0.3 is 5.97 Å². The molecular formula is C57H92O22. The maximum absolute atomic E-state index is 13.1. The molecular weight excluding hydrogens is 1040 g/mol. The van der Waals surface area contributed by atoms with E-state index in [1.807, 2.05) is 33.8 Å². The number of aliphatic hydroxyl groups excluding tert-OH is 2. The molecule has 0 radical (unpaired) electrons. The lowest BCUT2D eigenvalue weighted by atomic mass is 9.42. The number of Topliss-reactive ketones (excluding diaryl/α,β-unsaturated/α-hetero) is 1. The molecule has 5 heterocycles. The van der Waals surface area contributed by atoms with Gasteiger partial charge in [0, 0.05) is 73.4 Å². The van der Waals surface area contributed by atoms with E-state index in [1.165, 1.54) is 13.8 Å². The third-order valence-corrected chi connectivity index (χ3v) is 20.4. The Balaban J connectivity index is 0.757. The first-order valence-corrected chi connectivity index (χ1v) is 28.8. The summed E-state index contributed by atoms with van der Waals surface area (Å²) in [6.45, 7) is 15.5. The van der Waals surface area contributed by atoms with Crippen LogP contribution in [0.25, 0.3) is 0 Å². The standard InChI is InChI=1S/C57H92O22/c1-27-48(61)37(65-10)22-44(69-27)77-50-30(4)72-46(24-39(50)67-12)79-52-31(5)73-47(25-40(52)68-13)78-51-29(3)71-45(23-38(51)66-11)76-49-28(2)70-43(21-36(49)60)75-35-15-16-53(8)34(20-35)14-17-56(63)41(53)26-42(74-33(7)59)54(9)55(62,32(6)58)18-19-57(54,56)64/h14,27-31,35-52,60-64H,15-26H2,1-13H3/t27-,28-,29-,30-,31-,35+,36-,37-,38-,39+,40-,41-,42-,43+,44+,45+,46+,47+,48-,49-,50-,51-,52-,53+,54-,55-,56+,57-/m1/s1. The van der Waals surface area contributed by atoms with Gasteiger partial charge in [0.05, 0.1) is 72.6 Å². The Morgan fingerprint density at radius 2 is 1.01 bits per heavy atom. The number of carbonyl (C=O) groups excluding carboxylic acids is 2. The third kappa shape index (κ3) is 11.1. The molecule has 5 saturated heterocycles. The topological polar surface area (TPSA) is 274 Å². The molecule has 22 nitrogen and oxygen atoms in total. The second-order valence-electron chi connectivity index (χ2n) is 24.7. The molecule has 0 aromatic carbocycles. The minimum Gasteiger partial charge on any atom is -0.462 e. The van der Waals surface area contributed by atoms with Gasteiger partial charge in [0.1, 0.15) is 53.4 Å². The number of ether oxygens (including phenoxy) is 15. The summed E-state index contributed by atoms with van der Waals surface area (Å²) in [5.41, 5.74) is -6.87. The summed E-state index contributed by atoms with van der Waals surface area (Å²) in [5.74, 6) is -1.69. The van der Waals surface area contributed by atoms with Crippen LogP contribution in [0.2, 0.25) is 0 Å². The maximum Gasteiger partial charge on any atom is 0.302 e. The van der Waals surface area contributed by atoms with Gasteiger partial charge in [-0.1, -0.05) is 18.6 Å². The van der Waals surface area contributed by atoms with Crippen molar-refractivity contribution in [3.8, 4) is 0 Å². The van der Waals surface area contributed by atoms with Crippen molar-refractivity contribution in [1.82, 2.24) is 0 Å². The van der Waals surface area contributed by atoms with Gasteiger partial charge in [-0.15, -0.1) is 0 Å². The number of rotatable bonds is 16. The molecule has 0 aromatic heterocycles. The molecule has 22 heteroatoms. The van der Waals surface area contributed by atoms with Gasteiger partial charge in [0.2, 0.25) is 0 Å². The van der Waals surface area contributed by atoms with Crippen molar-refractivity contribution in [3.63, 3.8) is 0 Å². The van der Waals surface area contributed by atoms with Gasteiger partial charge in [-0.05, 0) is 98.8 Å². The molecule has 0 spiro atoms. The molecule has 0 aromatic rings. The molecule has 0 unspecified atom stereocenters. The van der Waals surface area contributed by atoms with E-state index in [9.17, 15) is 35.1 Å². The number of hydrogen-bond donors (Lipinski definition) is 5. The quantitative estimate of drug-likeness (QED) is 0.109. The first-order valence-electron chi connectivity index (χ1n) is 28.8. The molecule has 5 N–H and O–H groups in total. The first-order chi connectivity index (χ1) is 37.3. The molecule has 79 heavy (non-hydrogen) atoms. The van der Waals surface area contributed by atoms with Crippen molar-refractivity contribution in [2.24, 2.45) is 16.7 Å². The van der Waals surface area contributed by atoms with Crippen LogP contribution in [0, 0.1) is 16.7 Å². The van der Waals surface area contributed by atoms with Crippen LogP contribution in [0.1, 0.15) is 139 Å². The van der Waals surface area contributed by atoms with E-state index in [2.05, 4.69) is 6.92 Å². The highest BCUT2D eigenvalue weighted by Gasteiger charge is 2.81. The van der Waals surface area contributed by atoms with Crippen molar-refractivity contribution >= 4 is 11.8 Å². The zero-order valence-corrected chi connectivity index (χ0v) is 48.5.